The first-order valence-electron chi connectivity index (χ1n) is 9.10. The van der Waals surface area contributed by atoms with Gasteiger partial charge >= 0.3 is 0 Å². The molecule has 1 aliphatic heterocycles. The summed E-state index contributed by atoms with van der Waals surface area (Å²) in [6.45, 7) is 3.38. The molecule has 0 spiro atoms. The fourth-order valence-corrected chi connectivity index (χ4v) is 4.67. The molecule has 0 unspecified atom stereocenters. The highest BCUT2D eigenvalue weighted by Gasteiger charge is 2.26. The summed E-state index contributed by atoms with van der Waals surface area (Å²) in [5.41, 5.74) is 1.95. The van der Waals surface area contributed by atoms with Crippen LogP contribution in [0.5, 0.6) is 5.75 Å². The molecule has 6 nitrogen and oxygen atoms in total. The van der Waals surface area contributed by atoms with Gasteiger partial charge < -0.3 is 10.1 Å². The molecule has 144 valence electrons. The largest absolute Gasteiger partial charge is 0.494 e. The van der Waals surface area contributed by atoms with Gasteiger partial charge in [0.25, 0.3) is 5.91 Å². The van der Waals surface area contributed by atoms with Crippen LogP contribution in [0.15, 0.2) is 48.5 Å². The van der Waals surface area contributed by atoms with E-state index in [1.54, 1.807) is 24.3 Å². The lowest BCUT2D eigenvalue weighted by molar-refractivity contribution is 0.0951. The molecule has 1 heterocycles. The van der Waals surface area contributed by atoms with Gasteiger partial charge in [0.2, 0.25) is 10.0 Å². The minimum atomic E-state index is -3.29. The number of carbonyl (C=O) groups is 1. The number of carbonyl (C=O) groups excluding carboxylic acids is 1. The van der Waals surface area contributed by atoms with Crippen molar-refractivity contribution in [3.8, 4) is 5.75 Å². The second kappa shape index (κ2) is 8.43. The Morgan fingerprint density at radius 3 is 2.63 bits per heavy atom. The van der Waals surface area contributed by atoms with E-state index in [1.165, 1.54) is 4.31 Å². The average Bonchev–Trinajstić information content (AvgIpc) is 2.67. The molecule has 2 aromatic carbocycles. The number of hydrogen-bond donors (Lipinski definition) is 1. The van der Waals surface area contributed by atoms with Gasteiger partial charge in [0.05, 0.1) is 18.0 Å². The van der Waals surface area contributed by atoms with Crippen LogP contribution >= 0.6 is 0 Å². The summed E-state index contributed by atoms with van der Waals surface area (Å²) in [6.07, 6.45) is 1.51. The third-order valence-electron chi connectivity index (χ3n) is 4.43. The molecule has 0 aliphatic carbocycles. The Bertz CT molecular complexity index is 894. The number of nitrogens with one attached hydrogen (secondary N) is 1. The van der Waals surface area contributed by atoms with Crippen molar-refractivity contribution in [3.05, 3.63) is 59.7 Å². The zero-order chi connectivity index (χ0) is 19.3. The Hall–Kier alpha value is -2.54. The SMILES string of the molecule is CCOc1ccc(CNC(=O)c2cccc(N3CCCCS3(=O)=O)c2)cc1. The predicted octanol–water partition coefficient (Wildman–Crippen LogP) is 2.95. The van der Waals surface area contributed by atoms with Crippen molar-refractivity contribution in [1.82, 2.24) is 5.32 Å². The maximum absolute atomic E-state index is 12.5. The monoisotopic (exact) mass is 388 g/mol. The quantitative estimate of drug-likeness (QED) is 0.826. The summed E-state index contributed by atoms with van der Waals surface area (Å²) in [5, 5.41) is 2.87. The summed E-state index contributed by atoms with van der Waals surface area (Å²) in [4.78, 5) is 12.5. The number of benzene rings is 2. The van der Waals surface area contributed by atoms with E-state index in [0.717, 1.165) is 17.7 Å². The second-order valence-corrected chi connectivity index (χ2v) is 8.42. The van der Waals surface area contributed by atoms with Crippen LogP contribution in [0, 0.1) is 0 Å². The Kier molecular flexibility index (Phi) is 6.01. The third kappa shape index (κ3) is 4.80. The van der Waals surface area contributed by atoms with E-state index in [-0.39, 0.29) is 11.7 Å². The maximum atomic E-state index is 12.5. The molecular weight excluding hydrogens is 364 g/mol. The van der Waals surface area contributed by atoms with Gasteiger partial charge in [-0.05, 0) is 55.7 Å². The zero-order valence-corrected chi connectivity index (χ0v) is 16.2. The third-order valence-corrected chi connectivity index (χ3v) is 6.30. The lowest BCUT2D eigenvalue weighted by Gasteiger charge is -2.28. The molecule has 1 amide bonds. The molecule has 3 rings (SSSR count). The first kappa shape index (κ1) is 19.2. The molecule has 0 atom stereocenters. The molecule has 1 aliphatic rings. The van der Waals surface area contributed by atoms with Gasteiger partial charge in [-0.15, -0.1) is 0 Å². The zero-order valence-electron chi connectivity index (χ0n) is 15.3. The standard InChI is InChI=1S/C20H24N2O4S/c1-2-26-19-10-8-16(9-11-19)15-21-20(23)17-6-5-7-18(14-17)22-12-3-4-13-27(22,24)25/h5-11,14H,2-4,12-13,15H2,1H3,(H,21,23). The van der Waals surface area contributed by atoms with Crippen molar-refractivity contribution in [2.45, 2.75) is 26.3 Å². The highest BCUT2D eigenvalue weighted by molar-refractivity contribution is 7.92. The summed E-state index contributed by atoms with van der Waals surface area (Å²) in [6, 6.07) is 14.3. The Balaban J connectivity index is 1.66. The van der Waals surface area contributed by atoms with Crippen molar-refractivity contribution in [3.63, 3.8) is 0 Å². The van der Waals surface area contributed by atoms with E-state index < -0.39 is 10.0 Å². The van der Waals surface area contributed by atoms with Crippen molar-refractivity contribution < 1.29 is 17.9 Å². The smallest absolute Gasteiger partial charge is 0.251 e. The van der Waals surface area contributed by atoms with Gasteiger partial charge in [0.15, 0.2) is 0 Å². The first-order valence-corrected chi connectivity index (χ1v) is 10.7. The molecule has 27 heavy (non-hydrogen) atoms. The molecular formula is C20H24N2O4S. The Morgan fingerprint density at radius 1 is 1.15 bits per heavy atom. The highest BCUT2D eigenvalue weighted by Crippen LogP contribution is 2.24. The molecule has 1 saturated heterocycles. The summed E-state index contributed by atoms with van der Waals surface area (Å²) < 4.78 is 31.3. The van der Waals surface area contributed by atoms with E-state index >= 15 is 0 Å². The number of hydrogen-bond acceptors (Lipinski definition) is 4. The summed E-state index contributed by atoms with van der Waals surface area (Å²) in [5.74, 6) is 0.712. The molecule has 7 heteroatoms. The van der Waals surface area contributed by atoms with Crippen molar-refractivity contribution in [1.29, 1.82) is 0 Å². The first-order chi connectivity index (χ1) is 13.0. The van der Waals surface area contributed by atoms with Gasteiger partial charge in [0.1, 0.15) is 5.75 Å². The summed E-state index contributed by atoms with van der Waals surface area (Å²) in [7, 11) is -3.29. The lowest BCUT2D eigenvalue weighted by Crippen LogP contribution is -2.38. The Labute approximate surface area is 160 Å². The Morgan fingerprint density at radius 2 is 1.93 bits per heavy atom. The van der Waals surface area contributed by atoms with Crippen LogP contribution < -0.4 is 14.4 Å². The molecule has 1 fully saturated rings. The maximum Gasteiger partial charge on any atom is 0.251 e. The number of sulfonamides is 1. The van der Waals surface area contributed by atoms with Crippen LogP contribution in [-0.2, 0) is 16.6 Å². The van der Waals surface area contributed by atoms with E-state index in [4.69, 9.17) is 4.74 Å². The van der Waals surface area contributed by atoms with Crippen LogP contribution in [0.1, 0.15) is 35.7 Å². The van der Waals surface area contributed by atoms with E-state index in [1.807, 2.05) is 31.2 Å². The van der Waals surface area contributed by atoms with Crippen molar-refractivity contribution >= 4 is 21.6 Å². The normalized spacial score (nSPS) is 16.0. The van der Waals surface area contributed by atoms with Crippen LogP contribution in [0.4, 0.5) is 5.69 Å². The minimum absolute atomic E-state index is 0.154. The topological polar surface area (TPSA) is 75.7 Å². The fraction of sp³-hybridized carbons (Fsp3) is 0.350. The van der Waals surface area contributed by atoms with Gasteiger partial charge in [0, 0.05) is 18.7 Å². The molecule has 2 aromatic rings. The number of nitrogens with zero attached hydrogens (tertiary/aromatic N) is 1. The van der Waals surface area contributed by atoms with Crippen molar-refractivity contribution in [2.75, 3.05) is 23.2 Å². The molecule has 0 saturated carbocycles. The summed E-state index contributed by atoms with van der Waals surface area (Å²) >= 11 is 0. The fourth-order valence-electron chi connectivity index (χ4n) is 3.04. The molecule has 0 radical (unpaired) electrons. The number of rotatable bonds is 6. The average molecular weight is 388 g/mol. The van der Waals surface area contributed by atoms with Crippen LogP contribution in [0.3, 0.4) is 0 Å². The predicted molar refractivity (Wildman–Crippen MR) is 106 cm³/mol. The molecule has 1 N–H and O–H groups in total. The number of amides is 1. The van der Waals surface area contributed by atoms with Gasteiger partial charge in [-0.3, -0.25) is 9.10 Å². The molecule has 0 aromatic heterocycles. The van der Waals surface area contributed by atoms with Gasteiger partial charge in [-0.25, -0.2) is 8.42 Å². The second-order valence-electron chi connectivity index (χ2n) is 6.41. The van der Waals surface area contributed by atoms with Gasteiger partial charge in [-0.2, -0.15) is 0 Å². The van der Waals surface area contributed by atoms with Crippen molar-refractivity contribution in [2.24, 2.45) is 0 Å². The van der Waals surface area contributed by atoms with E-state index in [2.05, 4.69) is 5.32 Å². The van der Waals surface area contributed by atoms with Gasteiger partial charge in [-0.1, -0.05) is 18.2 Å². The van der Waals surface area contributed by atoms with Crippen LogP contribution in [-0.4, -0.2) is 33.2 Å². The lowest BCUT2D eigenvalue weighted by atomic mass is 10.1. The highest BCUT2D eigenvalue weighted by atomic mass is 32.2. The molecule has 0 bridgehead atoms. The van der Waals surface area contributed by atoms with E-state index in [0.29, 0.717) is 37.4 Å². The van der Waals surface area contributed by atoms with Crippen LogP contribution in [0.2, 0.25) is 0 Å². The van der Waals surface area contributed by atoms with E-state index in [9.17, 15) is 13.2 Å². The number of anilines is 1. The minimum Gasteiger partial charge on any atom is -0.494 e. The van der Waals surface area contributed by atoms with Crippen LogP contribution in [0.25, 0.3) is 0 Å². The number of ether oxygens (including phenoxy) is 1.